The van der Waals surface area contributed by atoms with E-state index >= 15 is 0 Å². The van der Waals surface area contributed by atoms with E-state index in [-0.39, 0.29) is 0 Å². The summed E-state index contributed by atoms with van der Waals surface area (Å²) < 4.78 is 29.9. The zero-order chi connectivity index (χ0) is 9.84. The van der Waals surface area contributed by atoms with Gasteiger partial charge in [-0.2, -0.15) is 0 Å². The molecule has 0 heterocycles. The Morgan fingerprint density at radius 2 is 2.23 bits per heavy atom. The maximum Gasteiger partial charge on any atom is 0.123 e. The van der Waals surface area contributed by atoms with Gasteiger partial charge in [-0.3, -0.25) is 0 Å². The van der Waals surface area contributed by atoms with Crippen LogP contribution in [0.15, 0.2) is 18.2 Å². The highest BCUT2D eigenvalue weighted by Crippen LogP contribution is 2.24. The molecule has 0 bridgehead atoms. The van der Waals surface area contributed by atoms with Crippen LogP contribution < -0.4 is 10.5 Å². The molecule has 0 aliphatic rings. The number of hydrogen-bond donors (Lipinski definition) is 1. The molecule has 0 unspecified atom stereocenters. The van der Waals surface area contributed by atoms with Crippen LogP contribution in [-0.4, -0.2) is 13.8 Å². The average Bonchev–Trinajstić information content (AvgIpc) is 2.16. The second-order valence-corrected chi connectivity index (χ2v) is 2.65. The highest BCUT2D eigenvalue weighted by Gasteiger charge is 2.12. The van der Waals surface area contributed by atoms with Gasteiger partial charge in [-0.15, -0.1) is 0 Å². The molecule has 1 aromatic carbocycles. The van der Waals surface area contributed by atoms with Gasteiger partial charge in [0.2, 0.25) is 0 Å². The van der Waals surface area contributed by atoms with Crippen molar-refractivity contribution in [2.45, 2.75) is 6.04 Å². The predicted molar refractivity (Wildman–Crippen MR) is 45.9 cm³/mol. The summed E-state index contributed by atoms with van der Waals surface area (Å²) in [5, 5.41) is 0. The third-order valence-corrected chi connectivity index (χ3v) is 1.76. The third-order valence-electron chi connectivity index (χ3n) is 1.76. The normalized spacial score (nSPS) is 12.6. The molecule has 0 aromatic heterocycles. The maximum atomic E-state index is 12.7. The number of rotatable bonds is 3. The molecule has 0 radical (unpaired) electrons. The Morgan fingerprint density at radius 3 is 2.77 bits per heavy atom. The Labute approximate surface area is 75.3 Å². The Kier molecular flexibility index (Phi) is 3.19. The first-order valence-electron chi connectivity index (χ1n) is 3.84. The van der Waals surface area contributed by atoms with E-state index in [1.54, 1.807) is 0 Å². The first kappa shape index (κ1) is 9.92. The summed E-state index contributed by atoms with van der Waals surface area (Å²) in [5.41, 5.74) is 5.77. The van der Waals surface area contributed by atoms with Crippen LogP contribution in [0.1, 0.15) is 11.6 Å². The lowest BCUT2D eigenvalue weighted by Gasteiger charge is -2.12. The lowest BCUT2D eigenvalue weighted by Crippen LogP contribution is -2.13. The number of methoxy groups -OCH3 is 1. The topological polar surface area (TPSA) is 35.2 Å². The molecule has 2 nitrogen and oxygen atoms in total. The fraction of sp³-hybridized carbons (Fsp3) is 0.333. The van der Waals surface area contributed by atoms with Gasteiger partial charge < -0.3 is 10.5 Å². The highest BCUT2D eigenvalue weighted by molar-refractivity contribution is 5.36. The minimum atomic E-state index is -0.828. The molecule has 1 rings (SSSR count). The quantitative estimate of drug-likeness (QED) is 0.783. The average molecular weight is 187 g/mol. The minimum Gasteiger partial charge on any atom is -0.496 e. The predicted octanol–water partition coefficient (Wildman–Crippen LogP) is 1.80. The Hall–Kier alpha value is -1.16. The van der Waals surface area contributed by atoms with Gasteiger partial charge in [0.05, 0.1) is 13.2 Å². The molecule has 0 fully saturated rings. The van der Waals surface area contributed by atoms with Crippen molar-refractivity contribution in [1.29, 1.82) is 0 Å². The molecule has 2 N–H and O–H groups in total. The van der Waals surface area contributed by atoms with E-state index in [1.165, 1.54) is 25.3 Å². The number of alkyl halides is 1. The zero-order valence-corrected chi connectivity index (χ0v) is 7.26. The van der Waals surface area contributed by atoms with E-state index in [0.29, 0.717) is 11.3 Å². The largest absolute Gasteiger partial charge is 0.496 e. The molecule has 0 aliphatic carbocycles. The zero-order valence-electron chi connectivity index (χ0n) is 7.26. The molecule has 72 valence electrons. The Morgan fingerprint density at radius 1 is 1.54 bits per heavy atom. The van der Waals surface area contributed by atoms with Crippen molar-refractivity contribution >= 4 is 0 Å². The van der Waals surface area contributed by atoms with Crippen LogP contribution in [-0.2, 0) is 0 Å². The van der Waals surface area contributed by atoms with Crippen LogP contribution in [0.5, 0.6) is 5.75 Å². The first-order chi connectivity index (χ1) is 6.19. The smallest absolute Gasteiger partial charge is 0.123 e. The van der Waals surface area contributed by atoms with Crippen molar-refractivity contribution in [3.63, 3.8) is 0 Å². The molecule has 0 aliphatic heterocycles. The van der Waals surface area contributed by atoms with Gasteiger partial charge >= 0.3 is 0 Å². The Balaban J connectivity index is 3.07. The maximum absolute atomic E-state index is 12.7. The van der Waals surface area contributed by atoms with Crippen LogP contribution in [0.2, 0.25) is 0 Å². The molecule has 1 aromatic rings. The molecule has 0 saturated carbocycles. The van der Waals surface area contributed by atoms with Gasteiger partial charge in [-0.1, -0.05) is 0 Å². The van der Waals surface area contributed by atoms with Crippen molar-refractivity contribution in [1.82, 2.24) is 0 Å². The summed E-state index contributed by atoms with van der Waals surface area (Å²) in [6.45, 7) is -0.736. The van der Waals surface area contributed by atoms with Gasteiger partial charge in [0.15, 0.2) is 0 Å². The van der Waals surface area contributed by atoms with Crippen molar-refractivity contribution in [3.8, 4) is 5.75 Å². The minimum absolute atomic E-state index is 0.352. The molecular formula is C9H11F2NO. The van der Waals surface area contributed by atoms with Gasteiger partial charge in [-0.05, 0) is 18.2 Å². The molecule has 0 saturated heterocycles. The van der Waals surface area contributed by atoms with E-state index in [4.69, 9.17) is 10.5 Å². The van der Waals surface area contributed by atoms with Crippen LogP contribution in [0.25, 0.3) is 0 Å². The molecular weight excluding hydrogens is 176 g/mol. The lowest BCUT2D eigenvalue weighted by molar-refractivity contribution is 0.387. The standard InChI is InChI=1S/C9H11F2NO/c1-13-9-3-2-6(11)4-7(9)8(12)5-10/h2-4,8H,5,12H2,1H3/t8-/m1/s1. The molecule has 13 heavy (non-hydrogen) atoms. The third kappa shape index (κ3) is 2.15. The van der Waals surface area contributed by atoms with E-state index in [1.807, 2.05) is 0 Å². The molecule has 1 atom stereocenters. The fourth-order valence-electron chi connectivity index (χ4n) is 1.08. The van der Waals surface area contributed by atoms with Crippen LogP contribution in [0, 0.1) is 5.82 Å². The van der Waals surface area contributed by atoms with Gasteiger partial charge in [-0.25, -0.2) is 8.78 Å². The van der Waals surface area contributed by atoms with E-state index in [0.717, 1.165) is 0 Å². The summed E-state index contributed by atoms with van der Waals surface area (Å²) in [6, 6.07) is 3.03. The van der Waals surface area contributed by atoms with E-state index in [2.05, 4.69) is 0 Å². The summed E-state index contributed by atoms with van der Waals surface area (Å²) in [7, 11) is 1.43. The summed E-state index contributed by atoms with van der Waals surface area (Å²) in [4.78, 5) is 0. The highest BCUT2D eigenvalue weighted by atomic mass is 19.1. The van der Waals surface area contributed by atoms with Gasteiger partial charge in [0.1, 0.15) is 18.2 Å². The molecule has 4 heteroatoms. The van der Waals surface area contributed by atoms with Crippen LogP contribution >= 0.6 is 0 Å². The Bertz CT molecular complexity index is 291. The number of nitrogens with two attached hydrogens (primary N) is 1. The van der Waals surface area contributed by atoms with Crippen molar-refractivity contribution in [3.05, 3.63) is 29.6 Å². The second-order valence-electron chi connectivity index (χ2n) is 2.65. The molecule has 0 amide bonds. The number of benzene rings is 1. The fourth-order valence-corrected chi connectivity index (χ4v) is 1.08. The number of halogens is 2. The number of hydrogen-bond acceptors (Lipinski definition) is 2. The van der Waals surface area contributed by atoms with Crippen molar-refractivity contribution in [2.24, 2.45) is 5.73 Å². The van der Waals surface area contributed by atoms with Crippen LogP contribution in [0.3, 0.4) is 0 Å². The van der Waals surface area contributed by atoms with Crippen molar-refractivity contribution < 1.29 is 13.5 Å². The van der Waals surface area contributed by atoms with E-state index in [9.17, 15) is 8.78 Å². The first-order valence-corrected chi connectivity index (χ1v) is 3.84. The summed E-state index contributed by atoms with van der Waals surface area (Å²) in [6.07, 6.45) is 0. The second kappa shape index (κ2) is 4.18. The van der Waals surface area contributed by atoms with Gasteiger partial charge in [0.25, 0.3) is 0 Å². The molecule has 0 spiro atoms. The summed E-state index contributed by atoms with van der Waals surface area (Å²) in [5.74, 6) is -0.0359. The monoisotopic (exact) mass is 187 g/mol. The van der Waals surface area contributed by atoms with E-state index < -0.39 is 18.5 Å². The number of ether oxygens (including phenoxy) is 1. The van der Waals surface area contributed by atoms with Crippen LogP contribution in [0.4, 0.5) is 8.78 Å². The van der Waals surface area contributed by atoms with Gasteiger partial charge in [0, 0.05) is 5.56 Å². The summed E-state index contributed by atoms with van der Waals surface area (Å²) >= 11 is 0. The van der Waals surface area contributed by atoms with Crippen molar-refractivity contribution in [2.75, 3.05) is 13.8 Å². The SMILES string of the molecule is COc1ccc(F)cc1[C@H](N)CF. The lowest BCUT2D eigenvalue weighted by atomic mass is 10.1.